The van der Waals surface area contributed by atoms with Gasteiger partial charge in [0.2, 0.25) is 0 Å². The van der Waals surface area contributed by atoms with Crippen LogP contribution >= 0.6 is 11.8 Å². The summed E-state index contributed by atoms with van der Waals surface area (Å²) in [5, 5.41) is 11.9. The molecule has 0 aliphatic carbocycles. The number of carbonyl (C=O) groups excluding carboxylic acids is 2. The topological polar surface area (TPSA) is 92.7 Å². The normalized spacial score (nSPS) is 10.3. The van der Waals surface area contributed by atoms with Crippen molar-refractivity contribution in [2.75, 3.05) is 18.2 Å². The third kappa shape index (κ3) is 5.27. The fourth-order valence-electron chi connectivity index (χ4n) is 2.71. The maximum atomic E-state index is 12.4. The Labute approximate surface area is 177 Å². The van der Waals surface area contributed by atoms with Gasteiger partial charge in [-0.1, -0.05) is 12.1 Å². The number of nitrogens with one attached hydrogen (secondary N) is 1. The van der Waals surface area contributed by atoms with Crippen LogP contribution in [0, 0.1) is 0 Å². The van der Waals surface area contributed by atoms with Crippen molar-refractivity contribution in [1.29, 1.82) is 0 Å². The summed E-state index contributed by atoms with van der Waals surface area (Å²) in [6.45, 7) is 0. The minimum absolute atomic E-state index is 0.00492. The second-order valence-corrected chi connectivity index (χ2v) is 7.32. The Kier molecular flexibility index (Phi) is 6.87. The van der Waals surface area contributed by atoms with E-state index in [1.54, 1.807) is 67.8 Å². The van der Waals surface area contributed by atoms with Crippen LogP contribution in [0.25, 0.3) is 0 Å². The lowest BCUT2D eigenvalue weighted by atomic mass is 10.1. The Morgan fingerprint density at radius 1 is 0.900 bits per heavy atom. The highest BCUT2D eigenvalue weighted by atomic mass is 32.2. The molecule has 6 nitrogen and oxygen atoms in total. The predicted octanol–water partition coefficient (Wildman–Crippen LogP) is 4.62. The monoisotopic (exact) mass is 421 g/mol. The number of hydrogen-bond acceptors (Lipinski definition) is 5. The summed E-state index contributed by atoms with van der Waals surface area (Å²) in [5.74, 6) is -0.672. The van der Waals surface area contributed by atoms with Crippen molar-refractivity contribution >= 4 is 35.1 Å². The number of carboxylic acids is 1. The Morgan fingerprint density at radius 3 is 2.13 bits per heavy atom. The van der Waals surface area contributed by atoms with Gasteiger partial charge in [-0.2, -0.15) is 0 Å². The number of hydrogen-bond donors (Lipinski definition) is 2. The van der Waals surface area contributed by atoms with Gasteiger partial charge in [-0.3, -0.25) is 9.59 Å². The Balaban J connectivity index is 1.59. The van der Waals surface area contributed by atoms with E-state index < -0.39 is 11.9 Å². The molecule has 0 aromatic heterocycles. The second-order valence-electron chi connectivity index (χ2n) is 6.27. The standard InChI is InChI=1S/C23H19NO5S/c1-29-17-10-6-15(7-11-17)21(25)14-30-18-12-8-16(9-13-18)24-22(26)19-4-2-3-5-20(19)23(27)28/h2-13H,14H2,1H3,(H,24,26)(H,27,28). The molecule has 0 radical (unpaired) electrons. The van der Waals surface area contributed by atoms with Crippen LogP contribution in [0.2, 0.25) is 0 Å². The van der Waals surface area contributed by atoms with E-state index in [0.717, 1.165) is 4.90 Å². The molecule has 2 N–H and O–H groups in total. The van der Waals surface area contributed by atoms with Gasteiger partial charge in [0.1, 0.15) is 5.75 Å². The number of thioether (sulfide) groups is 1. The number of Topliss-reactive ketones (excluding diaryl/α,β-unsaturated/α-hetero) is 1. The predicted molar refractivity (Wildman–Crippen MR) is 116 cm³/mol. The first kappa shape index (κ1) is 21.1. The summed E-state index contributed by atoms with van der Waals surface area (Å²) in [7, 11) is 1.57. The summed E-state index contributed by atoms with van der Waals surface area (Å²) in [4.78, 5) is 36.9. The first-order chi connectivity index (χ1) is 14.5. The van der Waals surface area contributed by atoms with Gasteiger partial charge in [-0.15, -0.1) is 11.8 Å². The smallest absolute Gasteiger partial charge is 0.336 e. The number of carboxylic acid groups (broad SMARTS) is 1. The van der Waals surface area contributed by atoms with Crippen LogP contribution in [0.5, 0.6) is 5.75 Å². The molecule has 152 valence electrons. The summed E-state index contributed by atoms with van der Waals surface area (Å²) >= 11 is 1.39. The lowest BCUT2D eigenvalue weighted by Gasteiger charge is -2.08. The zero-order chi connectivity index (χ0) is 21.5. The lowest BCUT2D eigenvalue weighted by molar-refractivity contribution is 0.0692. The van der Waals surface area contributed by atoms with Crippen molar-refractivity contribution in [3.8, 4) is 5.75 Å². The van der Waals surface area contributed by atoms with Crippen molar-refractivity contribution < 1.29 is 24.2 Å². The zero-order valence-corrected chi connectivity index (χ0v) is 16.9. The molecular formula is C23H19NO5S. The van der Waals surface area contributed by atoms with E-state index in [1.165, 1.54) is 23.9 Å². The highest BCUT2D eigenvalue weighted by molar-refractivity contribution is 8.00. The van der Waals surface area contributed by atoms with Gasteiger partial charge in [-0.25, -0.2) is 4.79 Å². The molecule has 0 atom stereocenters. The molecule has 0 saturated heterocycles. The summed E-state index contributed by atoms with van der Waals surface area (Å²) in [6, 6.07) is 20.0. The van der Waals surface area contributed by atoms with Crippen LogP contribution in [0.1, 0.15) is 31.1 Å². The number of aromatic carboxylic acids is 1. The molecular weight excluding hydrogens is 402 g/mol. The van der Waals surface area contributed by atoms with Crippen LogP contribution < -0.4 is 10.1 Å². The summed E-state index contributed by atoms with van der Waals surface area (Å²) < 4.78 is 5.09. The maximum Gasteiger partial charge on any atom is 0.336 e. The number of ketones is 1. The minimum atomic E-state index is -1.16. The van der Waals surface area contributed by atoms with E-state index >= 15 is 0 Å². The molecule has 3 aromatic carbocycles. The number of rotatable bonds is 8. The van der Waals surface area contributed by atoms with Crippen LogP contribution in [0.15, 0.2) is 77.7 Å². The average molecular weight is 421 g/mol. The van der Waals surface area contributed by atoms with Crippen molar-refractivity contribution in [1.82, 2.24) is 0 Å². The van der Waals surface area contributed by atoms with Gasteiger partial charge in [0.05, 0.1) is 24.0 Å². The van der Waals surface area contributed by atoms with Crippen molar-refractivity contribution in [3.05, 3.63) is 89.5 Å². The van der Waals surface area contributed by atoms with Crippen LogP contribution in [-0.2, 0) is 0 Å². The zero-order valence-electron chi connectivity index (χ0n) is 16.1. The van der Waals surface area contributed by atoms with E-state index in [-0.39, 0.29) is 22.7 Å². The van der Waals surface area contributed by atoms with Crippen LogP contribution in [0.3, 0.4) is 0 Å². The number of ether oxygens (including phenoxy) is 1. The summed E-state index contributed by atoms with van der Waals surface area (Å²) in [6.07, 6.45) is 0. The fraction of sp³-hybridized carbons (Fsp3) is 0.0870. The molecule has 0 aliphatic rings. The largest absolute Gasteiger partial charge is 0.497 e. The molecule has 0 saturated carbocycles. The number of carbonyl (C=O) groups is 3. The van der Waals surface area contributed by atoms with Crippen molar-refractivity contribution in [3.63, 3.8) is 0 Å². The molecule has 7 heteroatoms. The van der Waals surface area contributed by atoms with Gasteiger partial charge >= 0.3 is 5.97 Å². The Bertz CT molecular complexity index is 1060. The van der Waals surface area contributed by atoms with Gasteiger partial charge in [0, 0.05) is 16.1 Å². The molecule has 3 aromatic rings. The van der Waals surface area contributed by atoms with E-state index in [9.17, 15) is 19.5 Å². The Hall–Kier alpha value is -3.58. The quantitative estimate of drug-likeness (QED) is 0.407. The molecule has 3 rings (SSSR count). The van der Waals surface area contributed by atoms with E-state index in [1.807, 2.05) is 0 Å². The molecule has 0 heterocycles. The first-order valence-electron chi connectivity index (χ1n) is 9.01. The van der Waals surface area contributed by atoms with Crippen LogP contribution in [-0.4, -0.2) is 35.6 Å². The Morgan fingerprint density at radius 2 is 1.53 bits per heavy atom. The third-order valence-electron chi connectivity index (χ3n) is 4.30. The van der Waals surface area contributed by atoms with E-state index in [4.69, 9.17) is 4.74 Å². The highest BCUT2D eigenvalue weighted by Gasteiger charge is 2.16. The first-order valence-corrected chi connectivity index (χ1v) is 10.0. The maximum absolute atomic E-state index is 12.4. The van der Waals surface area contributed by atoms with E-state index in [2.05, 4.69) is 5.32 Å². The van der Waals surface area contributed by atoms with Crippen LogP contribution in [0.4, 0.5) is 5.69 Å². The SMILES string of the molecule is COc1ccc(C(=O)CSc2ccc(NC(=O)c3ccccc3C(=O)O)cc2)cc1. The number of methoxy groups -OCH3 is 1. The number of anilines is 1. The highest BCUT2D eigenvalue weighted by Crippen LogP contribution is 2.23. The molecule has 0 aliphatic heterocycles. The second kappa shape index (κ2) is 9.76. The average Bonchev–Trinajstić information content (AvgIpc) is 2.78. The number of benzene rings is 3. The van der Waals surface area contributed by atoms with Crippen molar-refractivity contribution in [2.45, 2.75) is 4.90 Å². The van der Waals surface area contributed by atoms with Gasteiger partial charge in [0.15, 0.2) is 5.78 Å². The van der Waals surface area contributed by atoms with Gasteiger partial charge in [0.25, 0.3) is 5.91 Å². The number of amides is 1. The fourth-order valence-corrected chi connectivity index (χ4v) is 3.50. The lowest BCUT2D eigenvalue weighted by Crippen LogP contribution is -2.16. The molecule has 1 amide bonds. The summed E-state index contributed by atoms with van der Waals surface area (Å²) in [5.41, 5.74) is 1.18. The third-order valence-corrected chi connectivity index (χ3v) is 5.31. The molecule has 0 fully saturated rings. The minimum Gasteiger partial charge on any atom is -0.497 e. The molecule has 0 spiro atoms. The van der Waals surface area contributed by atoms with Gasteiger partial charge in [-0.05, 0) is 60.7 Å². The van der Waals surface area contributed by atoms with Gasteiger partial charge < -0.3 is 15.2 Å². The molecule has 0 bridgehead atoms. The van der Waals surface area contributed by atoms with Crippen molar-refractivity contribution in [2.24, 2.45) is 0 Å². The molecule has 0 unspecified atom stereocenters. The molecule has 30 heavy (non-hydrogen) atoms. The van der Waals surface area contributed by atoms with E-state index in [0.29, 0.717) is 17.0 Å².